The second-order valence-electron chi connectivity index (χ2n) is 8.11. The van der Waals surface area contributed by atoms with Gasteiger partial charge in [0, 0.05) is 43.0 Å². The van der Waals surface area contributed by atoms with Gasteiger partial charge in [0.1, 0.15) is 5.69 Å². The molecule has 9 heteroatoms. The molecule has 1 saturated heterocycles. The molecule has 0 saturated carbocycles. The van der Waals surface area contributed by atoms with Crippen molar-refractivity contribution in [1.82, 2.24) is 10.3 Å². The van der Waals surface area contributed by atoms with Crippen molar-refractivity contribution >= 4 is 28.9 Å². The quantitative estimate of drug-likeness (QED) is 0.385. The Morgan fingerprint density at radius 1 is 1.18 bits per heavy atom. The van der Waals surface area contributed by atoms with E-state index in [4.69, 9.17) is 0 Å². The van der Waals surface area contributed by atoms with E-state index in [1.807, 2.05) is 43.3 Å². The van der Waals surface area contributed by atoms with Crippen LogP contribution in [0.15, 0.2) is 66.9 Å². The van der Waals surface area contributed by atoms with Crippen LogP contribution in [0.2, 0.25) is 0 Å². The summed E-state index contributed by atoms with van der Waals surface area (Å²) in [6.07, 6.45) is 3.04. The number of carbonyl (C=O) groups is 2. The molecule has 1 unspecified atom stereocenters. The first-order valence-electron chi connectivity index (χ1n) is 11.1. The third-order valence-corrected chi connectivity index (χ3v) is 5.71. The van der Waals surface area contributed by atoms with Crippen LogP contribution in [-0.4, -0.2) is 28.3 Å². The lowest BCUT2D eigenvalue weighted by Gasteiger charge is -2.17. The fourth-order valence-electron chi connectivity index (χ4n) is 3.93. The molecule has 2 heterocycles. The van der Waals surface area contributed by atoms with Crippen LogP contribution in [0.1, 0.15) is 47.4 Å². The molecule has 0 aliphatic carbocycles. The van der Waals surface area contributed by atoms with E-state index in [0.717, 1.165) is 23.4 Å². The third kappa shape index (κ3) is 5.20. The summed E-state index contributed by atoms with van der Waals surface area (Å²) in [6.45, 7) is 2.79. The minimum Gasteiger partial charge on any atom is -0.371 e. The van der Waals surface area contributed by atoms with Gasteiger partial charge in [-0.3, -0.25) is 24.7 Å². The molecule has 1 aliphatic heterocycles. The van der Waals surface area contributed by atoms with Crippen molar-refractivity contribution in [3.8, 4) is 0 Å². The number of amides is 2. The summed E-state index contributed by atoms with van der Waals surface area (Å²) in [5.41, 5.74) is 2.70. The molecule has 3 aromatic rings. The van der Waals surface area contributed by atoms with Crippen LogP contribution in [0.5, 0.6) is 0 Å². The molecule has 0 bridgehead atoms. The van der Waals surface area contributed by atoms with E-state index in [0.29, 0.717) is 18.7 Å². The van der Waals surface area contributed by atoms with Gasteiger partial charge >= 0.3 is 0 Å². The molecule has 4 rings (SSSR count). The maximum atomic E-state index is 12.7. The molecule has 2 aromatic carbocycles. The predicted molar refractivity (Wildman–Crippen MR) is 129 cm³/mol. The standard InChI is InChI=1S/C25H25N5O4/c1-17(21-8-2-3-12-26-21)28-22-11-10-19(15-23(22)30(33)34)25(32)27-16-18-6-4-7-20(14-18)29-13-5-9-24(29)31/h2-4,6-8,10-12,14-15,17,28H,5,9,13,16H2,1H3,(H,27,32). The number of nitro benzene ring substituents is 1. The number of aromatic nitrogens is 1. The molecule has 174 valence electrons. The number of nitrogens with zero attached hydrogens (tertiary/aromatic N) is 3. The molecule has 1 fully saturated rings. The van der Waals surface area contributed by atoms with E-state index in [1.54, 1.807) is 23.2 Å². The SMILES string of the molecule is CC(Nc1ccc(C(=O)NCc2cccc(N3CCCC3=O)c2)cc1[N+](=O)[O-])c1ccccn1. The Balaban J connectivity index is 1.45. The summed E-state index contributed by atoms with van der Waals surface area (Å²) in [4.78, 5) is 41.9. The van der Waals surface area contributed by atoms with Crippen molar-refractivity contribution < 1.29 is 14.5 Å². The second-order valence-corrected chi connectivity index (χ2v) is 8.11. The van der Waals surface area contributed by atoms with Gasteiger partial charge in [0.15, 0.2) is 0 Å². The van der Waals surface area contributed by atoms with E-state index in [2.05, 4.69) is 15.6 Å². The van der Waals surface area contributed by atoms with Crippen molar-refractivity contribution in [2.75, 3.05) is 16.8 Å². The highest BCUT2D eigenvalue weighted by Crippen LogP contribution is 2.29. The van der Waals surface area contributed by atoms with E-state index >= 15 is 0 Å². The first-order valence-corrected chi connectivity index (χ1v) is 11.1. The van der Waals surface area contributed by atoms with Crippen LogP contribution in [0.3, 0.4) is 0 Å². The van der Waals surface area contributed by atoms with Crippen LogP contribution in [-0.2, 0) is 11.3 Å². The highest BCUT2D eigenvalue weighted by molar-refractivity contribution is 5.96. The lowest BCUT2D eigenvalue weighted by atomic mass is 10.1. The summed E-state index contributed by atoms with van der Waals surface area (Å²) < 4.78 is 0. The maximum Gasteiger partial charge on any atom is 0.293 e. The van der Waals surface area contributed by atoms with Crippen LogP contribution in [0.4, 0.5) is 17.1 Å². The Hall–Kier alpha value is -4.27. The first-order chi connectivity index (χ1) is 16.4. The number of hydrogen-bond donors (Lipinski definition) is 2. The number of carbonyl (C=O) groups excluding carboxylic acids is 2. The zero-order chi connectivity index (χ0) is 24.1. The topological polar surface area (TPSA) is 117 Å². The molecule has 1 aliphatic rings. The van der Waals surface area contributed by atoms with Crippen LogP contribution in [0, 0.1) is 10.1 Å². The van der Waals surface area contributed by atoms with Gasteiger partial charge in [0.25, 0.3) is 11.6 Å². The largest absolute Gasteiger partial charge is 0.371 e. The zero-order valence-electron chi connectivity index (χ0n) is 18.7. The Morgan fingerprint density at radius 3 is 2.74 bits per heavy atom. The summed E-state index contributed by atoms with van der Waals surface area (Å²) in [6, 6.07) is 17.0. The minimum atomic E-state index is -0.513. The summed E-state index contributed by atoms with van der Waals surface area (Å²) in [5, 5.41) is 17.6. The highest BCUT2D eigenvalue weighted by atomic mass is 16.6. The minimum absolute atomic E-state index is 0.0968. The fourth-order valence-corrected chi connectivity index (χ4v) is 3.93. The predicted octanol–water partition coefficient (Wildman–Crippen LogP) is 4.22. The Bertz CT molecular complexity index is 1210. The fraction of sp³-hybridized carbons (Fsp3) is 0.240. The lowest BCUT2D eigenvalue weighted by Crippen LogP contribution is -2.25. The maximum absolute atomic E-state index is 12.7. The van der Waals surface area contributed by atoms with E-state index in [9.17, 15) is 19.7 Å². The van der Waals surface area contributed by atoms with E-state index in [1.165, 1.54) is 12.1 Å². The Labute approximate surface area is 197 Å². The van der Waals surface area contributed by atoms with Crippen molar-refractivity contribution in [3.63, 3.8) is 0 Å². The first kappa shape index (κ1) is 22.9. The number of hydrogen-bond acceptors (Lipinski definition) is 6. The monoisotopic (exact) mass is 459 g/mol. The molecule has 1 aromatic heterocycles. The number of benzene rings is 2. The number of rotatable bonds is 8. The second kappa shape index (κ2) is 10.1. The van der Waals surface area contributed by atoms with Crippen molar-refractivity contribution in [1.29, 1.82) is 0 Å². The molecule has 34 heavy (non-hydrogen) atoms. The van der Waals surface area contributed by atoms with Gasteiger partial charge < -0.3 is 15.5 Å². The van der Waals surface area contributed by atoms with E-state index in [-0.39, 0.29) is 29.7 Å². The molecule has 9 nitrogen and oxygen atoms in total. The average molecular weight is 460 g/mol. The Kier molecular flexibility index (Phi) is 6.82. The molecule has 2 amide bonds. The Morgan fingerprint density at radius 2 is 2.03 bits per heavy atom. The van der Waals surface area contributed by atoms with Gasteiger partial charge in [-0.25, -0.2) is 0 Å². The smallest absolute Gasteiger partial charge is 0.293 e. The molecular formula is C25H25N5O4. The summed E-state index contributed by atoms with van der Waals surface area (Å²) >= 11 is 0. The van der Waals surface area contributed by atoms with Gasteiger partial charge in [-0.1, -0.05) is 18.2 Å². The van der Waals surface area contributed by atoms with Gasteiger partial charge in [-0.15, -0.1) is 0 Å². The molecule has 1 atom stereocenters. The number of nitrogens with one attached hydrogen (secondary N) is 2. The highest BCUT2D eigenvalue weighted by Gasteiger charge is 2.22. The number of nitro groups is 1. The average Bonchev–Trinajstić information content (AvgIpc) is 3.29. The van der Waals surface area contributed by atoms with Crippen molar-refractivity contribution in [3.05, 3.63) is 93.8 Å². The van der Waals surface area contributed by atoms with Gasteiger partial charge in [0.2, 0.25) is 5.91 Å². The molecular weight excluding hydrogens is 434 g/mol. The van der Waals surface area contributed by atoms with Crippen LogP contribution >= 0.6 is 0 Å². The normalized spacial score (nSPS) is 14.0. The van der Waals surface area contributed by atoms with Gasteiger partial charge in [0.05, 0.1) is 16.7 Å². The summed E-state index contributed by atoms with van der Waals surface area (Å²) in [7, 11) is 0. The van der Waals surface area contributed by atoms with Crippen LogP contribution < -0.4 is 15.5 Å². The van der Waals surface area contributed by atoms with Crippen molar-refractivity contribution in [2.45, 2.75) is 32.4 Å². The lowest BCUT2D eigenvalue weighted by molar-refractivity contribution is -0.384. The van der Waals surface area contributed by atoms with Gasteiger partial charge in [-0.2, -0.15) is 0 Å². The number of pyridine rings is 1. The molecule has 0 spiro atoms. The molecule has 0 radical (unpaired) electrons. The van der Waals surface area contributed by atoms with Crippen molar-refractivity contribution in [2.24, 2.45) is 0 Å². The van der Waals surface area contributed by atoms with Gasteiger partial charge in [-0.05, 0) is 55.3 Å². The third-order valence-electron chi connectivity index (χ3n) is 5.71. The summed E-state index contributed by atoms with van der Waals surface area (Å²) in [5.74, 6) is -0.324. The number of anilines is 2. The molecule has 2 N–H and O–H groups in total. The van der Waals surface area contributed by atoms with E-state index < -0.39 is 10.8 Å². The van der Waals surface area contributed by atoms with Crippen LogP contribution in [0.25, 0.3) is 0 Å². The zero-order valence-corrected chi connectivity index (χ0v) is 18.7.